The lowest BCUT2D eigenvalue weighted by atomic mass is 10.1. The van der Waals surface area contributed by atoms with Gasteiger partial charge >= 0.3 is 0 Å². The van der Waals surface area contributed by atoms with E-state index in [4.69, 9.17) is 4.74 Å². The van der Waals surface area contributed by atoms with Gasteiger partial charge in [-0.05, 0) is 40.3 Å². The number of rotatable bonds is 5. The average molecular weight is 278 g/mol. The van der Waals surface area contributed by atoms with E-state index >= 15 is 0 Å². The molecule has 0 bridgehead atoms. The van der Waals surface area contributed by atoms with Gasteiger partial charge in [0, 0.05) is 17.0 Å². The summed E-state index contributed by atoms with van der Waals surface area (Å²) in [6.45, 7) is 5.13. The van der Waals surface area contributed by atoms with E-state index in [1.54, 1.807) is 18.4 Å². The van der Waals surface area contributed by atoms with Crippen LogP contribution in [0, 0.1) is 0 Å². The molecule has 0 spiro atoms. The standard InChI is InChI=1S/C10H16BrNOS/c1-4-12-10(7(2)13-3)8-5-14-6-9(8)11/h5-7,10,12H,4H2,1-3H3. The van der Waals surface area contributed by atoms with Crippen molar-refractivity contribution in [3.8, 4) is 0 Å². The van der Waals surface area contributed by atoms with Crippen LogP contribution in [0.5, 0.6) is 0 Å². The van der Waals surface area contributed by atoms with Crippen LogP contribution >= 0.6 is 27.3 Å². The van der Waals surface area contributed by atoms with E-state index in [9.17, 15) is 0 Å². The highest BCUT2D eigenvalue weighted by atomic mass is 79.9. The zero-order valence-electron chi connectivity index (χ0n) is 8.71. The van der Waals surface area contributed by atoms with Crippen LogP contribution in [0.4, 0.5) is 0 Å². The second kappa shape index (κ2) is 5.85. The minimum absolute atomic E-state index is 0.181. The summed E-state index contributed by atoms with van der Waals surface area (Å²) in [5.74, 6) is 0. The van der Waals surface area contributed by atoms with Gasteiger partial charge in [0.05, 0.1) is 12.1 Å². The van der Waals surface area contributed by atoms with Crippen LogP contribution in [0.2, 0.25) is 0 Å². The van der Waals surface area contributed by atoms with Gasteiger partial charge in [-0.2, -0.15) is 11.3 Å². The molecule has 2 nitrogen and oxygen atoms in total. The van der Waals surface area contributed by atoms with Gasteiger partial charge < -0.3 is 10.1 Å². The molecule has 0 aliphatic carbocycles. The number of methoxy groups -OCH3 is 1. The van der Waals surface area contributed by atoms with Crippen molar-refractivity contribution in [3.05, 3.63) is 20.8 Å². The summed E-state index contributed by atoms with van der Waals surface area (Å²) in [7, 11) is 1.75. The van der Waals surface area contributed by atoms with Crippen LogP contribution in [0.1, 0.15) is 25.5 Å². The fourth-order valence-electron chi connectivity index (χ4n) is 1.40. The Morgan fingerprint density at radius 2 is 2.29 bits per heavy atom. The van der Waals surface area contributed by atoms with Crippen molar-refractivity contribution in [1.82, 2.24) is 5.32 Å². The highest BCUT2D eigenvalue weighted by molar-refractivity contribution is 9.10. The highest BCUT2D eigenvalue weighted by Crippen LogP contribution is 2.29. The SMILES string of the molecule is CCNC(c1cscc1Br)C(C)OC. The van der Waals surface area contributed by atoms with Gasteiger partial charge in [0.1, 0.15) is 0 Å². The Morgan fingerprint density at radius 1 is 1.57 bits per heavy atom. The van der Waals surface area contributed by atoms with Gasteiger partial charge in [-0.1, -0.05) is 6.92 Å². The highest BCUT2D eigenvalue weighted by Gasteiger charge is 2.20. The van der Waals surface area contributed by atoms with Gasteiger partial charge in [0.25, 0.3) is 0 Å². The molecule has 0 saturated carbocycles. The van der Waals surface area contributed by atoms with Crippen molar-refractivity contribution in [2.45, 2.75) is 26.0 Å². The summed E-state index contributed by atoms with van der Waals surface area (Å²) in [5, 5.41) is 7.69. The van der Waals surface area contributed by atoms with Crippen LogP contribution in [-0.2, 0) is 4.74 Å². The molecule has 0 radical (unpaired) electrons. The van der Waals surface area contributed by atoms with Gasteiger partial charge in [-0.15, -0.1) is 0 Å². The van der Waals surface area contributed by atoms with Crippen molar-refractivity contribution < 1.29 is 4.74 Å². The molecule has 4 heteroatoms. The van der Waals surface area contributed by atoms with Crippen molar-refractivity contribution in [2.75, 3.05) is 13.7 Å². The average Bonchev–Trinajstić information content (AvgIpc) is 2.60. The lowest BCUT2D eigenvalue weighted by Crippen LogP contribution is -2.31. The monoisotopic (exact) mass is 277 g/mol. The molecule has 1 aromatic rings. The maximum Gasteiger partial charge on any atom is 0.0738 e. The Morgan fingerprint density at radius 3 is 2.71 bits per heavy atom. The Hall–Kier alpha value is 0.1000. The van der Waals surface area contributed by atoms with E-state index in [-0.39, 0.29) is 12.1 Å². The number of ether oxygens (including phenoxy) is 1. The molecule has 2 unspecified atom stereocenters. The Kier molecular flexibility index (Phi) is 5.09. The minimum atomic E-state index is 0.181. The van der Waals surface area contributed by atoms with Crippen LogP contribution in [-0.4, -0.2) is 19.8 Å². The lowest BCUT2D eigenvalue weighted by Gasteiger charge is -2.23. The largest absolute Gasteiger partial charge is 0.380 e. The topological polar surface area (TPSA) is 21.3 Å². The molecule has 1 heterocycles. The van der Waals surface area contributed by atoms with Crippen LogP contribution in [0.15, 0.2) is 15.2 Å². The third-order valence-electron chi connectivity index (χ3n) is 2.24. The molecule has 1 aromatic heterocycles. The summed E-state index contributed by atoms with van der Waals surface area (Å²) in [6, 6.07) is 0.269. The van der Waals surface area contributed by atoms with Crippen LogP contribution in [0.25, 0.3) is 0 Å². The number of hydrogen-bond donors (Lipinski definition) is 1. The lowest BCUT2D eigenvalue weighted by molar-refractivity contribution is 0.0835. The van der Waals surface area contributed by atoms with Gasteiger partial charge in [0.15, 0.2) is 0 Å². The predicted octanol–water partition coefficient (Wildman–Crippen LogP) is 3.20. The van der Waals surface area contributed by atoms with Gasteiger partial charge in [-0.3, -0.25) is 0 Å². The Bertz CT molecular complexity index is 277. The molecule has 80 valence electrons. The third kappa shape index (κ3) is 2.79. The van der Waals surface area contributed by atoms with Gasteiger partial charge in [0.2, 0.25) is 0 Å². The molecule has 0 aliphatic heterocycles. The Balaban J connectivity index is 2.82. The molecule has 0 aromatic carbocycles. The Labute approximate surface area is 97.8 Å². The first kappa shape index (κ1) is 12.2. The number of halogens is 1. The van der Waals surface area contributed by atoms with Crippen molar-refractivity contribution in [3.63, 3.8) is 0 Å². The number of nitrogens with one attached hydrogen (secondary N) is 1. The second-order valence-electron chi connectivity index (χ2n) is 3.15. The first-order chi connectivity index (χ1) is 6.70. The normalized spacial score (nSPS) is 15.4. The first-order valence-corrected chi connectivity index (χ1v) is 6.42. The summed E-state index contributed by atoms with van der Waals surface area (Å²) in [4.78, 5) is 0. The first-order valence-electron chi connectivity index (χ1n) is 4.68. The maximum atomic E-state index is 5.36. The van der Waals surface area contributed by atoms with Crippen LogP contribution in [0.3, 0.4) is 0 Å². The number of thiophene rings is 1. The summed E-state index contributed by atoms with van der Waals surface area (Å²) in [5.41, 5.74) is 1.28. The maximum absolute atomic E-state index is 5.36. The smallest absolute Gasteiger partial charge is 0.0738 e. The summed E-state index contributed by atoms with van der Waals surface area (Å²) >= 11 is 5.26. The van der Waals surface area contributed by atoms with E-state index in [0.717, 1.165) is 11.0 Å². The van der Waals surface area contributed by atoms with E-state index in [1.165, 1.54) is 5.56 Å². The molecule has 0 fully saturated rings. The molecular weight excluding hydrogens is 262 g/mol. The molecule has 1 N–H and O–H groups in total. The molecule has 0 amide bonds. The summed E-state index contributed by atoms with van der Waals surface area (Å²) < 4.78 is 6.53. The van der Waals surface area contributed by atoms with Gasteiger partial charge in [-0.25, -0.2) is 0 Å². The third-order valence-corrected chi connectivity index (χ3v) is 3.99. The van der Waals surface area contributed by atoms with Crippen molar-refractivity contribution in [2.24, 2.45) is 0 Å². The van der Waals surface area contributed by atoms with Crippen LogP contribution < -0.4 is 5.32 Å². The second-order valence-corrected chi connectivity index (χ2v) is 4.75. The molecular formula is C10H16BrNOS. The number of hydrogen-bond acceptors (Lipinski definition) is 3. The van der Waals surface area contributed by atoms with Crippen molar-refractivity contribution in [1.29, 1.82) is 0 Å². The molecule has 2 atom stereocenters. The molecule has 0 aliphatic rings. The molecule has 14 heavy (non-hydrogen) atoms. The van der Waals surface area contributed by atoms with E-state index < -0.39 is 0 Å². The van der Waals surface area contributed by atoms with E-state index in [0.29, 0.717) is 0 Å². The van der Waals surface area contributed by atoms with Crippen molar-refractivity contribution >= 4 is 27.3 Å². The van der Waals surface area contributed by atoms with E-state index in [2.05, 4.69) is 45.9 Å². The number of likely N-dealkylation sites (N-methyl/N-ethyl adjacent to an activating group) is 1. The summed E-state index contributed by atoms with van der Waals surface area (Å²) in [6.07, 6.45) is 0.181. The minimum Gasteiger partial charge on any atom is -0.380 e. The quantitative estimate of drug-likeness (QED) is 0.893. The zero-order chi connectivity index (χ0) is 10.6. The fourth-order valence-corrected chi connectivity index (χ4v) is 2.98. The predicted molar refractivity (Wildman–Crippen MR) is 64.9 cm³/mol. The molecule has 0 saturated heterocycles. The zero-order valence-corrected chi connectivity index (χ0v) is 11.1. The fraction of sp³-hybridized carbons (Fsp3) is 0.600. The molecule has 1 rings (SSSR count). The van der Waals surface area contributed by atoms with E-state index in [1.807, 2.05) is 0 Å².